The van der Waals surface area contributed by atoms with E-state index in [0.29, 0.717) is 38.3 Å². The number of halogens is 1. The minimum Gasteiger partial charge on any atom is -0.368 e. The van der Waals surface area contributed by atoms with Crippen LogP contribution in [0.15, 0.2) is 24.3 Å². The van der Waals surface area contributed by atoms with Crippen molar-refractivity contribution >= 4 is 17.5 Å². The lowest BCUT2D eigenvalue weighted by Crippen LogP contribution is -2.39. The summed E-state index contributed by atoms with van der Waals surface area (Å²) < 4.78 is 18.9. The van der Waals surface area contributed by atoms with Gasteiger partial charge < -0.3 is 14.5 Å². The van der Waals surface area contributed by atoms with Gasteiger partial charge in [0.25, 0.3) is 5.91 Å². The van der Waals surface area contributed by atoms with Crippen molar-refractivity contribution in [3.8, 4) is 0 Å². The molecule has 4 rings (SSSR count). The van der Waals surface area contributed by atoms with Gasteiger partial charge >= 0.3 is 0 Å². The first kappa shape index (κ1) is 15.6. The van der Waals surface area contributed by atoms with Crippen LogP contribution < -0.4 is 4.90 Å². The first-order valence-electron chi connectivity index (χ1n) is 8.53. The van der Waals surface area contributed by atoms with Crippen molar-refractivity contribution in [3.05, 3.63) is 30.1 Å². The van der Waals surface area contributed by atoms with Gasteiger partial charge in [0.05, 0.1) is 0 Å². The monoisotopic (exact) mass is 332 g/mol. The molecule has 2 amide bonds. The van der Waals surface area contributed by atoms with Crippen molar-refractivity contribution in [2.75, 3.05) is 31.1 Å². The Hall–Kier alpha value is -1.95. The molecule has 0 saturated carbocycles. The van der Waals surface area contributed by atoms with Gasteiger partial charge in [-0.1, -0.05) is 6.07 Å². The second kappa shape index (κ2) is 5.84. The third kappa shape index (κ3) is 2.69. The van der Waals surface area contributed by atoms with Crippen LogP contribution in [0, 0.1) is 11.2 Å². The summed E-state index contributed by atoms with van der Waals surface area (Å²) in [5.74, 6) is -0.282. The molecule has 3 aliphatic heterocycles. The quantitative estimate of drug-likeness (QED) is 0.832. The van der Waals surface area contributed by atoms with E-state index in [9.17, 15) is 14.0 Å². The summed E-state index contributed by atoms with van der Waals surface area (Å²) in [4.78, 5) is 28.5. The van der Waals surface area contributed by atoms with Gasteiger partial charge in [-0.3, -0.25) is 9.59 Å². The van der Waals surface area contributed by atoms with Crippen LogP contribution in [0.5, 0.6) is 0 Å². The number of carbonyl (C=O) groups is 2. The number of hydrogen-bond acceptors (Lipinski definition) is 3. The molecule has 5 nitrogen and oxygen atoms in total. The smallest absolute Gasteiger partial charge is 0.251 e. The van der Waals surface area contributed by atoms with E-state index in [2.05, 4.69) is 0 Å². The fraction of sp³-hybridized carbons (Fsp3) is 0.556. The van der Waals surface area contributed by atoms with Gasteiger partial charge in [-0.15, -0.1) is 0 Å². The van der Waals surface area contributed by atoms with Gasteiger partial charge in [-0.25, -0.2) is 4.39 Å². The standard InChI is InChI=1S/C18H21FN2O3/c19-13-3-1-4-14(9-13)21-12-18(10-16(21)22)6-7-20(11-18)17(23)15-5-2-8-24-15/h1,3-4,9,15H,2,5-8,10-12H2/t15-,18+/m1/s1. The van der Waals surface area contributed by atoms with Crippen LogP contribution in [0.3, 0.4) is 0 Å². The highest BCUT2D eigenvalue weighted by atomic mass is 19.1. The van der Waals surface area contributed by atoms with Crippen LogP contribution in [0.2, 0.25) is 0 Å². The van der Waals surface area contributed by atoms with E-state index < -0.39 is 0 Å². The predicted molar refractivity (Wildman–Crippen MR) is 86.0 cm³/mol. The van der Waals surface area contributed by atoms with Crippen molar-refractivity contribution in [2.45, 2.75) is 31.8 Å². The van der Waals surface area contributed by atoms with Gasteiger partial charge in [-0.2, -0.15) is 0 Å². The molecule has 128 valence electrons. The maximum Gasteiger partial charge on any atom is 0.251 e. The van der Waals surface area contributed by atoms with Crippen LogP contribution in [0.25, 0.3) is 0 Å². The van der Waals surface area contributed by atoms with E-state index in [1.165, 1.54) is 12.1 Å². The molecule has 3 saturated heterocycles. The molecular weight excluding hydrogens is 311 g/mol. The van der Waals surface area contributed by atoms with Crippen molar-refractivity contribution in [2.24, 2.45) is 5.41 Å². The number of carbonyl (C=O) groups excluding carboxylic acids is 2. The van der Waals surface area contributed by atoms with Crippen LogP contribution >= 0.6 is 0 Å². The summed E-state index contributed by atoms with van der Waals surface area (Å²) in [6.45, 7) is 2.46. The summed E-state index contributed by atoms with van der Waals surface area (Å²) in [7, 11) is 0. The molecule has 24 heavy (non-hydrogen) atoms. The van der Waals surface area contributed by atoms with Crippen LogP contribution in [-0.2, 0) is 14.3 Å². The molecular formula is C18H21FN2O3. The third-order valence-electron chi connectivity index (χ3n) is 5.40. The number of anilines is 1. The molecule has 2 atom stereocenters. The van der Waals surface area contributed by atoms with Crippen LogP contribution in [0.1, 0.15) is 25.7 Å². The maximum atomic E-state index is 13.5. The van der Waals surface area contributed by atoms with Crippen molar-refractivity contribution < 1.29 is 18.7 Å². The molecule has 0 unspecified atom stereocenters. The highest BCUT2D eigenvalue weighted by molar-refractivity contribution is 5.96. The fourth-order valence-corrected chi connectivity index (χ4v) is 4.15. The topological polar surface area (TPSA) is 49.9 Å². The van der Waals surface area contributed by atoms with Gasteiger partial charge in [0.15, 0.2) is 0 Å². The number of ether oxygens (including phenoxy) is 1. The van der Waals surface area contributed by atoms with Crippen LogP contribution in [-0.4, -0.2) is 49.1 Å². The first-order chi connectivity index (χ1) is 11.6. The SMILES string of the molecule is O=C([C@H]1CCCO1)N1CC[C@]2(CC(=O)N(c3cccc(F)c3)C2)C1. The molecule has 0 N–H and O–H groups in total. The lowest BCUT2D eigenvalue weighted by atomic mass is 9.86. The molecule has 3 heterocycles. The highest BCUT2D eigenvalue weighted by Gasteiger charge is 2.49. The van der Waals surface area contributed by atoms with E-state index in [0.717, 1.165) is 19.3 Å². The average molecular weight is 332 g/mol. The molecule has 1 spiro atoms. The Morgan fingerprint density at radius 3 is 2.96 bits per heavy atom. The summed E-state index contributed by atoms with van der Waals surface area (Å²) in [5.41, 5.74) is 0.387. The van der Waals surface area contributed by atoms with Gasteiger partial charge in [0, 0.05) is 43.8 Å². The number of benzene rings is 1. The lowest BCUT2D eigenvalue weighted by Gasteiger charge is -2.25. The number of rotatable bonds is 2. The van der Waals surface area contributed by atoms with E-state index in [-0.39, 0.29) is 29.2 Å². The summed E-state index contributed by atoms with van der Waals surface area (Å²) in [5, 5.41) is 0. The zero-order valence-corrected chi connectivity index (χ0v) is 13.5. The van der Waals surface area contributed by atoms with Gasteiger partial charge in [-0.05, 0) is 37.5 Å². The molecule has 6 heteroatoms. The summed E-state index contributed by atoms with van der Waals surface area (Å²) in [6, 6.07) is 6.13. The second-order valence-corrected chi connectivity index (χ2v) is 7.15. The Labute approximate surface area is 140 Å². The Morgan fingerprint density at radius 2 is 2.21 bits per heavy atom. The summed E-state index contributed by atoms with van der Waals surface area (Å²) >= 11 is 0. The largest absolute Gasteiger partial charge is 0.368 e. The third-order valence-corrected chi connectivity index (χ3v) is 5.40. The molecule has 3 fully saturated rings. The molecule has 0 bridgehead atoms. The Morgan fingerprint density at radius 1 is 1.33 bits per heavy atom. The lowest BCUT2D eigenvalue weighted by molar-refractivity contribution is -0.140. The van der Waals surface area contributed by atoms with E-state index in [1.807, 2.05) is 4.90 Å². The Kier molecular flexibility index (Phi) is 3.79. The van der Waals surface area contributed by atoms with Gasteiger partial charge in [0.2, 0.25) is 5.91 Å². The Balaban J connectivity index is 1.47. The van der Waals surface area contributed by atoms with Crippen molar-refractivity contribution in [3.63, 3.8) is 0 Å². The highest BCUT2D eigenvalue weighted by Crippen LogP contribution is 2.42. The fourth-order valence-electron chi connectivity index (χ4n) is 4.15. The minimum absolute atomic E-state index is 0.00650. The minimum atomic E-state index is -0.345. The first-order valence-corrected chi connectivity index (χ1v) is 8.53. The molecule has 0 aliphatic carbocycles. The molecule has 1 aromatic rings. The predicted octanol–water partition coefficient (Wildman–Crippen LogP) is 1.96. The van der Waals surface area contributed by atoms with Gasteiger partial charge in [0.1, 0.15) is 11.9 Å². The average Bonchev–Trinajstić information content (AvgIpc) is 3.28. The zero-order chi connectivity index (χ0) is 16.7. The van der Waals surface area contributed by atoms with E-state index in [1.54, 1.807) is 17.0 Å². The van der Waals surface area contributed by atoms with E-state index >= 15 is 0 Å². The van der Waals surface area contributed by atoms with Crippen molar-refractivity contribution in [1.82, 2.24) is 4.90 Å². The maximum absolute atomic E-state index is 13.5. The van der Waals surface area contributed by atoms with Crippen LogP contribution in [0.4, 0.5) is 10.1 Å². The second-order valence-electron chi connectivity index (χ2n) is 7.15. The molecule has 3 aliphatic rings. The normalized spacial score (nSPS) is 29.9. The number of nitrogens with zero attached hydrogens (tertiary/aromatic N) is 2. The molecule has 1 aromatic carbocycles. The number of amides is 2. The van der Waals surface area contributed by atoms with Crippen molar-refractivity contribution in [1.29, 1.82) is 0 Å². The molecule has 0 aromatic heterocycles. The van der Waals surface area contributed by atoms with E-state index in [4.69, 9.17) is 4.74 Å². The Bertz CT molecular complexity index is 674. The summed E-state index contributed by atoms with van der Waals surface area (Å²) in [6.07, 6.45) is 2.64. The number of likely N-dealkylation sites (tertiary alicyclic amines) is 1. The number of hydrogen-bond donors (Lipinski definition) is 0. The molecule has 0 radical (unpaired) electrons. The zero-order valence-electron chi connectivity index (χ0n) is 13.5.